The number of alkyl halides is 1. The quantitative estimate of drug-likeness (QED) is 0.272. The summed E-state index contributed by atoms with van der Waals surface area (Å²) in [4.78, 5) is 37.1. The molecule has 7 aliphatic rings. The molecule has 6 fully saturated rings. The number of Topliss-reactive ketones (excluding diaryl/α,β-unsaturated/α-hetero) is 1. The molecule has 4 aliphatic heterocycles. The third-order valence-electron chi connectivity index (χ3n) is 12.4. The van der Waals surface area contributed by atoms with E-state index in [0.29, 0.717) is 24.9 Å². The lowest BCUT2D eigenvalue weighted by atomic mass is 9.64. The number of fused-ring (bicyclic) bond motifs is 4. The highest BCUT2D eigenvalue weighted by Gasteiger charge is 2.60. The average Bonchev–Trinajstić information content (AvgIpc) is 3.08. The molecule has 9 atom stereocenters. The van der Waals surface area contributed by atoms with E-state index in [2.05, 4.69) is 37.3 Å². The van der Waals surface area contributed by atoms with Crippen molar-refractivity contribution in [1.29, 1.82) is 0 Å². The molecule has 2 N–H and O–H groups in total. The molecule has 0 aromatic carbocycles. The van der Waals surface area contributed by atoms with Crippen LogP contribution in [0.1, 0.15) is 57.8 Å². The van der Waals surface area contributed by atoms with Gasteiger partial charge in [0.1, 0.15) is 6.17 Å². The van der Waals surface area contributed by atoms with Gasteiger partial charge >= 0.3 is 0 Å². The second-order valence-corrected chi connectivity index (χ2v) is 15.2. The normalized spacial score (nSPS) is 38.8. The summed E-state index contributed by atoms with van der Waals surface area (Å²) < 4.78 is 28.8. The van der Waals surface area contributed by atoms with Crippen LogP contribution in [0.2, 0.25) is 0 Å². The molecule has 3 saturated heterocycles. The van der Waals surface area contributed by atoms with Crippen LogP contribution in [-0.2, 0) is 19.1 Å². The van der Waals surface area contributed by atoms with E-state index >= 15 is 4.39 Å². The van der Waals surface area contributed by atoms with Gasteiger partial charge in [-0.1, -0.05) is 19.3 Å². The van der Waals surface area contributed by atoms with Gasteiger partial charge in [-0.3, -0.25) is 14.5 Å². The van der Waals surface area contributed by atoms with Crippen molar-refractivity contribution in [3.63, 3.8) is 0 Å². The highest BCUT2D eigenvalue weighted by atomic mass is 19.1. The largest absolute Gasteiger partial charge is 0.379 e. The topological polar surface area (TPSA) is 89.6 Å². The van der Waals surface area contributed by atoms with Crippen LogP contribution in [0.25, 0.3) is 0 Å². The molecular formula is C35H57FN6O4. The third kappa shape index (κ3) is 6.92. The maximum atomic E-state index is 16.2. The Bertz CT molecular complexity index is 1100. The van der Waals surface area contributed by atoms with Crippen LogP contribution in [0.15, 0.2) is 11.8 Å². The summed E-state index contributed by atoms with van der Waals surface area (Å²) in [5, 5.41) is 6.64. The lowest BCUT2D eigenvalue weighted by Gasteiger charge is -2.61. The molecular weight excluding hydrogens is 587 g/mol. The highest BCUT2D eigenvalue weighted by molar-refractivity contribution is 6.20. The van der Waals surface area contributed by atoms with Gasteiger partial charge in [0.15, 0.2) is 5.78 Å². The molecule has 7 rings (SSSR count). The van der Waals surface area contributed by atoms with Gasteiger partial charge in [0.05, 0.1) is 49.1 Å². The second-order valence-electron chi connectivity index (χ2n) is 15.2. The number of carbonyl (C=O) groups is 2. The Kier molecular flexibility index (Phi) is 10.6. The van der Waals surface area contributed by atoms with Gasteiger partial charge < -0.3 is 34.8 Å². The Morgan fingerprint density at radius 1 is 0.935 bits per heavy atom. The first kappa shape index (κ1) is 32.9. The number of carbonyl (C=O) groups excluding carboxylic acids is 2. The molecule has 11 heteroatoms. The Balaban J connectivity index is 1.05. The second kappa shape index (κ2) is 14.9. The molecule has 46 heavy (non-hydrogen) atoms. The van der Waals surface area contributed by atoms with Crippen molar-refractivity contribution in [3.05, 3.63) is 11.8 Å². The molecule has 1 amide bonds. The number of nitrogens with zero attached hydrogens (tertiary/aromatic N) is 4. The molecule has 3 aliphatic carbocycles. The van der Waals surface area contributed by atoms with Crippen molar-refractivity contribution in [3.8, 4) is 0 Å². The van der Waals surface area contributed by atoms with Gasteiger partial charge in [0.25, 0.3) is 5.91 Å². The number of morpholine rings is 2. The van der Waals surface area contributed by atoms with E-state index in [1.165, 1.54) is 19.3 Å². The zero-order chi connectivity index (χ0) is 31.6. The van der Waals surface area contributed by atoms with Crippen LogP contribution in [0.4, 0.5) is 4.39 Å². The van der Waals surface area contributed by atoms with Crippen LogP contribution in [0, 0.1) is 17.8 Å². The molecule has 0 aromatic rings. The minimum Gasteiger partial charge on any atom is -0.379 e. The molecule has 9 unspecified atom stereocenters. The fourth-order valence-electron chi connectivity index (χ4n) is 9.83. The number of hydrogen-bond donors (Lipinski definition) is 2. The first-order valence-corrected chi connectivity index (χ1v) is 18.5. The molecule has 4 heterocycles. The number of likely N-dealkylation sites (N-methyl/N-ethyl adjacent to an activating group) is 1. The fourth-order valence-corrected chi connectivity index (χ4v) is 9.83. The number of piperazine rings is 1. The summed E-state index contributed by atoms with van der Waals surface area (Å²) in [6, 6.07) is -0.551. The van der Waals surface area contributed by atoms with Gasteiger partial charge in [-0.2, -0.15) is 0 Å². The molecule has 3 saturated carbocycles. The summed E-state index contributed by atoms with van der Waals surface area (Å²) in [6.45, 7) is 10.8. The fraction of sp³-hybridized carbons (Fsp3) is 0.886. The van der Waals surface area contributed by atoms with E-state index in [0.717, 1.165) is 97.7 Å². The van der Waals surface area contributed by atoms with E-state index in [9.17, 15) is 9.59 Å². The van der Waals surface area contributed by atoms with Crippen molar-refractivity contribution >= 4 is 11.7 Å². The van der Waals surface area contributed by atoms with Crippen molar-refractivity contribution in [2.24, 2.45) is 17.8 Å². The standard InChI is InChI=1S/C35H57FN6O4/c1-39-14-16-40(17-15-39)12-5-11-38-35(44)27-23-42-29-9-8-24-6-2-3-7-25(24)33(29)46-34-30(28(36)22-26(31(34)42)32(27)43)37-10-4-13-41-18-20-45-21-19-41/h23-26,28-31,33-34,37H,2-22H2,1H3,(H,38,44). The van der Waals surface area contributed by atoms with Crippen molar-refractivity contribution in [1.82, 2.24) is 30.2 Å². The van der Waals surface area contributed by atoms with Crippen LogP contribution < -0.4 is 10.6 Å². The number of ether oxygens (including phenoxy) is 2. The maximum Gasteiger partial charge on any atom is 0.256 e. The molecule has 0 radical (unpaired) electrons. The molecule has 0 aromatic heterocycles. The van der Waals surface area contributed by atoms with Crippen LogP contribution in [-0.4, -0.2) is 154 Å². The van der Waals surface area contributed by atoms with Gasteiger partial charge in [-0.25, -0.2) is 4.39 Å². The Morgan fingerprint density at radius 2 is 1.67 bits per heavy atom. The summed E-state index contributed by atoms with van der Waals surface area (Å²) in [5.41, 5.74) is 0.218. The Hall–Kier alpha value is -1.63. The highest BCUT2D eigenvalue weighted by Crippen LogP contribution is 2.50. The minimum absolute atomic E-state index is 0.0150. The summed E-state index contributed by atoms with van der Waals surface area (Å²) >= 11 is 0. The molecule has 0 bridgehead atoms. The van der Waals surface area contributed by atoms with Crippen LogP contribution >= 0.6 is 0 Å². The van der Waals surface area contributed by atoms with Gasteiger partial charge in [-0.05, 0) is 77.0 Å². The monoisotopic (exact) mass is 644 g/mol. The Labute approximate surface area is 274 Å². The van der Waals surface area contributed by atoms with E-state index in [1.807, 2.05) is 6.20 Å². The predicted molar refractivity (Wildman–Crippen MR) is 174 cm³/mol. The van der Waals surface area contributed by atoms with Crippen molar-refractivity contribution in [2.45, 2.75) is 94.3 Å². The molecule has 258 valence electrons. The van der Waals surface area contributed by atoms with Gasteiger partial charge in [-0.15, -0.1) is 0 Å². The predicted octanol–water partition coefficient (Wildman–Crippen LogP) is 1.65. The molecule has 10 nitrogen and oxygen atoms in total. The number of halogens is 1. The number of ketones is 1. The number of amides is 1. The van der Waals surface area contributed by atoms with Crippen molar-refractivity contribution < 1.29 is 23.5 Å². The molecule has 0 spiro atoms. The van der Waals surface area contributed by atoms with Crippen LogP contribution in [0.5, 0.6) is 0 Å². The summed E-state index contributed by atoms with van der Waals surface area (Å²) in [7, 11) is 2.15. The third-order valence-corrected chi connectivity index (χ3v) is 12.4. The zero-order valence-corrected chi connectivity index (χ0v) is 27.9. The van der Waals surface area contributed by atoms with E-state index in [4.69, 9.17) is 9.47 Å². The first-order valence-electron chi connectivity index (χ1n) is 18.5. The smallest absolute Gasteiger partial charge is 0.256 e. The van der Waals surface area contributed by atoms with Crippen molar-refractivity contribution in [2.75, 3.05) is 85.7 Å². The number of rotatable bonds is 10. The van der Waals surface area contributed by atoms with E-state index in [-0.39, 0.29) is 41.9 Å². The summed E-state index contributed by atoms with van der Waals surface area (Å²) in [5.74, 6) is 0.0564. The van der Waals surface area contributed by atoms with E-state index < -0.39 is 24.2 Å². The number of hydrogen-bond acceptors (Lipinski definition) is 9. The first-order chi connectivity index (χ1) is 22.5. The minimum atomic E-state index is -1.20. The lowest BCUT2D eigenvalue weighted by molar-refractivity contribution is -0.220. The van der Waals surface area contributed by atoms with Crippen LogP contribution in [0.3, 0.4) is 0 Å². The van der Waals surface area contributed by atoms with E-state index in [1.54, 1.807) is 0 Å². The Morgan fingerprint density at radius 3 is 2.48 bits per heavy atom. The average molecular weight is 645 g/mol. The number of nitrogens with one attached hydrogen (secondary N) is 2. The SMILES string of the molecule is CN1CCN(CCCNC(=O)C2=CN3C4CCC5CCCCC5C4OC4C(NCCCN5CCOCC5)C(F)CC(C2=O)C43)CC1. The zero-order valence-electron chi connectivity index (χ0n) is 27.9. The lowest BCUT2D eigenvalue weighted by Crippen LogP contribution is -2.74. The summed E-state index contributed by atoms with van der Waals surface area (Å²) in [6.07, 6.45) is 9.27. The van der Waals surface area contributed by atoms with Gasteiger partial charge in [0, 0.05) is 57.9 Å². The maximum absolute atomic E-state index is 16.2. The van der Waals surface area contributed by atoms with Gasteiger partial charge in [0.2, 0.25) is 0 Å².